The van der Waals surface area contributed by atoms with Crippen molar-refractivity contribution in [2.45, 2.75) is 0 Å². The molecule has 0 aromatic rings. The fraction of sp³-hybridized carbons (Fsp3) is 0. The topological polar surface area (TPSA) is 126 Å². The normalized spacial score (nSPS) is 0. The van der Waals surface area contributed by atoms with Crippen LogP contribution in [0.4, 0.5) is 0 Å². The summed E-state index contributed by atoms with van der Waals surface area (Å²) in [6.45, 7) is 0. The van der Waals surface area contributed by atoms with Gasteiger partial charge < -0.3 is 21.9 Å². The molecule has 0 aliphatic rings. The van der Waals surface area contributed by atoms with Crippen molar-refractivity contribution >= 4 is 0 Å². The third-order valence-corrected chi connectivity index (χ3v) is 0. The van der Waals surface area contributed by atoms with E-state index in [0.717, 1.165) is 0 Å². The quantitative estimate of drug-likeness (QED) is 0.320. The van der Waals surface area contributed by atoms with Gasteiger partial charge in [0.2, 0.25) is 0 Å². The van der Waals surface area contributed by atoms with E-state index in [1.54, 1.807) is 0 Å². The Morgan fingerprint density at radius 3 is 0.400 bits per heavy atom. The third kappa shape index (κ3) is 144. The van der Waals surface area contributed by atoms with E-state index in [2.05, 4.69) is 0 Å². The maximum Gasteiger partial charge on any atom is 0 e. The average Bonchev–Trinajstić information content (AvgIpc) is 0. The van der Waals surface area contributed by atoms with Crippen LogP contribution in [0.5, 0.6) is 0 Å². The standard InChI is InChI=1S/4H2O.V/h4*1H2;. The summed E-state index contributed by atoms with van der Waals surface area (Å²) >= 11 is 0. The predicted molar refractivity (Wildman–Crippen MR) is 14.5 cm³/mol. The summed E-state index contributed by atoms with van der Waals surface area (Å²) < 4.78 is 0. The smallest absolute Gasteiger partial charge is 0 e. The van der Waals surface area contributed by atoms with Gasteiger partial charge in [0.1, 0.15) is 0 Å². The van der Waals surface area contributed by atoms with Crippen LogP contribution in [0, 0.1) is 0 Å². The van der Waals surface area contributed by atoms with Gasteiger partial charge in [-0.05, 0) is 0 Å². The predicted octanol–water partition coefficient (Wildman–Crippen LogP) is -3.30. The zero-order chi connectivity index (χ0) is 0. The summed E-state index contributed by atoms with van der Waals surface area (Å²) in [6, 6.07) is 0. The van der Waals surface area contributed by atoms with Crippen molar-refractivity contribution in [3.63, 3.8) is 0 Å². The monoisotopic (exact) mass is 123 g/mol. The molecule has 0 rings (SSSR count). The minimum Gasteiger partial charge on any atom is -0.412 e. The van der Waals surface area contributed by atoms with Crippen molar-refractivity contribution in [1.82, 2.24) is 0 Å². The zero-order valence-corrected chi connectivity index (χ0v) is 3.84. The molecule has 0 saturated carbocycles. The van der Waals surface area contributed by atoms with Crippen LogP contribution < -0.4 is 0 Å². The molecule has 0 atom stereocenters. The minimum atomic E-state index is 0. The SMILES string of the molecule is O.O.O.O.[V]. The van der Waals surface area contributed by atoms with Gasteiger partial charge in [-0.15, -0.1) is 0 Å². The summed E-state index contributed by atoms with van der Waals surface area (Å²) in [5.41, 5.74) is 0. The molecule has 4 nitrogen and oxygen atoms in total. The maximum atomic E-state index is 0. The van der Waals surface area contributed by atoms with E-state index in [1.165, 1.54) is 0 Å². The first-order chi connectivity index (χ1) is 0. The molecule has 8 N–H and O–H groups in total. The number of hydrogen-bond acceptors (Lipinski definition) is 0. The fourth-order valence-corrected chi connectivity index (χ4v) is 0. The van der Waals surface area contributed by atoms with Gasteiger partial charge in [-0.25, -0.2) is 0 Å². The van der Waals surface area contributed by atoms with Crippen LogP contribution in [0.2, 0.25) is 0 Å². The van der Waals surface area contributed by atoms with Crippen molar-refractivity contribution in [3.8, 4) is 0 Å². The molecule has 5 heavy (non-hydrogen) atoms. The molecule has 0 amide bonds. The van der Waals surface area contributed by atoms with E-state index < -0.39 is 0 Å². The maximum absolute atomic E-state index is 0. The Kier molecular flexibility index (Phi) is 34000. The third-order valence-electron chi connectivity index (χ3n) is 0. The van der Waals surface area contributed by atoms with Crippen LogP contribution >= 0.6 is 0 Å². The van der Waals surface area contributed by atoms with Crippen LogP contribution in [-0.2, 0) is 18.6 Å². The first kappa shape index (κ1) is 589. The molecule has 0 aromatic carbocycles. The molecule has 37 valence electrons. The summed E-state index contributed by atoms with van der Waals surface area (Å²) in [7, 11) is 0. The number of hydrogen-bond donors (Lipinski definition) is 0. The Morgan fingerprint density at radius 2 is 0.400 bits per heavy atom. The molecule has 0 fully saturated rings. The summed E-state index contributed by atoms with van der Waals surface area (Å²) in [5.74, 6) is 0. The van der Waals surface area contributed by atoms with Crippen LogP contribution in [0.15, 0.2) is 0 Å². The molecule has 0 unspecified atom stereocenters. The van der Waals surface area contributed by atoms with Gasteiger partial charge >= 0.3 is 0 Å². The first-order valence-corrected chi connectivity index (χ1v) is 0. The van der Waals surface area contributed by atoms with Crippen LogP contribution in [0.25, 0.3) is 0 Å². The largest absolute Gasteiger partial charge is 0.412 e. The molecule has 0 aliphatic heterocycles. The van der Waals surface area contributed by atoms with Crippen LogP contribution in [-0.4, -0.2) is 21.9 Å². The van der Waals surface area contributed by atoms with E-state index >= 15 is 0 Å². The van der Waals surface area contributed by atoms with Crippen molar-refractivity contribution < 1.29 is 40.5 Å². The van der Waals surface area contributed by atoms with E-state index in [0.29, 0.717) is 0 Å². The van der Waals surface area contributed by atoms with Crippen molar-refractivity contribution in [1.29, 1.82) is 0 Å². The minimum absolute atomic E-state index is 0. The molecule has 0 spiro atoms. The molecule has 1 radical (unpaired) electrons. The summed E-state index contributed by atoms with van der Waals surface area (Å²) in [4.78, 5) is 0. The zero-order valence-electron chi connectivity index (χ0n) is 2.45. The molecule has 0 heterocycles. The van der Waals surface area contributed by atoms with Gasteiger partial charge in [-0.1, -0.05) is 0 Å². The second-order valence-electron chi connectivity index (χ2n) is 0. The van der Waals surface area contributed by atoms with Gasteiger partial charge in [-0.3, -0.25) is 0 Å². The Labute approximate surface area is 41.3 Å². The first-order valence-electron chi connectivity index (χ1n) is 0. The average molecular weight is 123 g/mol. The summed E-state index contributed by atoms with van der Waals surface area (Å²) in [6.07, 6.45) is 0. The molecule has 0 bridgehead atoms. The molecule has 5 heteroatoms. The Morgan fingerprint density at radius 1 is 0.400 bits per heavy atom. The van der Waals surface area contributed by atoms with Gasteiger partial charge in [0.15, 0.2) is 0 Å². The number of rotatable bonds is 0. The Balaban J connectivity index is 0. The summed E-state index contributed by atoms with van der Waals surface area (Å²) in [5, 5.41) is 0. The molecule has 0 aliphatic carbocycles. The molecular weight excluding hydrogens is 115 g/mol. The second kappa shape index (κ2) is 288. The van der Waals surface area contributed by atoms with E-state index in [4.69, 9.17) is 0 Å². The van der Waals surface area contributed by atoms with Crippen molar-refractivity contribution in [2.24, 2.45) is 0 Å². The van der Waals surface area contributed by atoms with E-state index in [-0.39, 0.29) is 40.5 Å². The van der Waals surface area contributed by atoms with E-state index in [1.807, 2.05) is 0 Å². The van der Waals surface area contributed by atoms with Crippen molar-refractivity contribution in [2.75, 3.05) is 0 Å². The fourth-order valence-electron chi connectivity index (χ4n) is 0. The molecule has 0 saturated heterocycles. The van der Waals surface area contributed by atoms with Crippen molar-refractivity contribution in [3.05, 3.63) is 0 Å². The van der Waals surface area contributed by atoms with Gasteiger partial charge in [0, 0.05) is 18.6 Å². The molecular formula is H8O4V. The van der Waals surface area contributed by atoms with Gasteiger partial charge in [0.05, 0.1) is 0 Å². The van der Waals surface area contributed by atoms with Gasteiger partial charge in [-0.2, -0.15) is 0 Å². The molecule has 0 aromatic heterocycles. The van der Waals surface area contributed by atoms with E-state index in [9.17, 15) is 0 Å². The van der Waals surface area contributed by atoms with Crippen LogP contribution in [0.3, 0.4) is 0 Å². The second-order valence-corrected chi connectivity index (χ2v) is 0. The Hall–Kier alpha value is 0.424. The van der Waals surface area contributed by atoms with Crippen LogP contribution in [0.1, 0.15) is 0 Å². The Bertz CT molecular complexity index is 3.61. The van der Waals surface area contributed by atoms with Gasteiger partial charge in [0.25, 0.3) is 0 Å².